The van der Waals surface area contributed by atoms with E-state index in [0.717, 1.165) is 37.5 Å². The van der Waals surface area contributed by atoms with Gasteiger partial charge in [-0.05, 0) is 31.0 Å². The Hall–Kier alpha value is -1.95. The molecule has 6 nitrogen and oxygen atoms in total. The van der Waals surface area contributed by atoms with Crippen LogP contribution in [-0.2, 0) is 6.54 Å². The van der Waals surface area contributed by atoms with Gasteiger partial charge in [0, 0.05) is 13.1 Å². The maximum absolute atomic E-state index is 8.83. The van der Waals surface area contributed by atoms with Crippen LogP contribution in [0.3, 0.4) is 0 Å². The summed E-state index contributed by atoms with van der Waals surface area (Å²) in [4.78, 5) is 4.58. The predicted molar refractivity (Wildman–Crippen MR) is 93.3 cm³/mol. The van der Waals surface area contributed by atoms with Crippen LogP contribution >= 0.6 is 0 Å². The molecule has 0 fully saturated rings. The van der Waals surface area contributed by atoms with Gasteiger partial charge >= 0.3 is 0 Å². The van der Waals surface area contributed by atoms with Crippen LogP contribution in [0.2, 0.25) is 0 Å². The Labute approximate surface area is 138 Å². The number of benzene rings is 1. The molecule has 1 aromatic carbocycles. The third kappa shape index (κ3) is 7.23. The molecule has 0 heterocycles. The highest BCUT2D eigenvalue weighted by Gasteiger charge is 2.06. The van der Waals surface area contributed by atoms with Crippen molar-refractivity contribution in [3.05, 3.63) is 23.8 Å². The second-order valence-corrected chi connectivity index (χ2v) is 5.03. The van der Waals surface area contributed by atoms with E-state index in [0.29, 0.717) is 18.0 Å². The fourth-order valence-electron chi connectivity index (χ4n) is 1.98. The van der Waals surface area contributed by atoms with E-state index in [-0.39, 0.29) is 13.2 Å². The average Bonchev–Trinajstić information content (AvgIpc) is 2.58. The zero-order valence-corrected chi connectivity index (χ0v) is 14.4. The van der Waals surface area contributed by atoms with E-state index < -0.39 is 0 Å². The van der Waals surface area contributed by atoms with Gasteiger partial charge in [-0.3, -0.25) is 0 Å². The average molecular weight is 323 g/mol. The van der Waals surface area contributed by atoms with E-state index in [1.54, 1.807) is 7.11 Å². The molecule has 0 bridgehead atoms. The largest absolute Gasteiger partial charge is 0.493 e. The molecule has 0 aromatic heterocycles. The summed E-state index contributed by atoms with van der Waals surface area (Å²) in [5, 5.41) is 15.4. The second kappa shape index (κ2) is 11.6. The lowest BCUT2D eigenvalue weighted by atomic mass is 10.2. The third-order valence-electron chi connectivity index (χ3n) is 3.16. The van der Waals surface area contributed by atoms with E-state index in [2.05, 4.69) is 22.5 Å². The Kier molecular flexibility index (Phi) is 9.63. The van der Waals surface area contributed by atoms with Crippen molar-refractivity contribution in [2.75, 3.05) is 33.4 Å². The van der Waals surface area contributed by atoms with Crippen molar-refractivity contribution < 1.29 is 14.6 Å². The van der Waals surface area contributed by atoms with E-state index in [1.165, 1.54) is 0 Å². The molecule has 1 aromatic rings. The number of unbranched alkanes of at least 4 members (excludes halogenated alkanes) is 1. The number of methoxy groups -OCH3 is 1. The van der Waals surface area contributed by atoms with Crippen LogP contribution in [0.25, 0.3) is 0 Å². The summed E-state index contributed by atoms with van der Waals surface area (Å²) in [5.74, 6) is 2.10. The number of aliphatic imine (C=N–C) groups is 1. The zero-order chi connectivity index (χ0) is 16.9. The van der Waals surface area contributed by atoms with Gasteiger partial charge in [0.05, 0.1) is 20.3 Å². The minimum atomic E-state index is -0.0231. The number of hydrogen-bond donors (Lipinski definition) is 3. The Morgan fingerprint density at radius 3 is 2.70 bits per heavy atom. The van der Waals surface area contributed by atoms with Gasteiger partial charge in [-0.1, -0.05) is 19.4 Å². The van der Waals surface area contributed by atoms with Crippen molar-refractivity contribution in [2.45, 2.75) is 33.2 Å². The summed E-state index contributed by atoms with van der Waals surface area (Å²) < 4.78 is 10.8. The van der Waals surface area contributed by atoms with Crippen molar-refractivity contribution in [1.29, 1.82) is 0 Å². The first-order valence-electron chi connectivity index (χ1n) is 8.17. The molecule has 3 N–H and O–H groups in total. The highest BCUT2D eigenvalue weighted by Crippen LogP contribution is 2.28. The summed E-state index contributed by atoms with van der Waals surface area (Å²) >= 11 is 0. The first-order valence-corrected chi connectivity index (χ1v) is 8.17. The van der Waals surface area contributed by atoms with Crippen LogP contribution < -0.4 is 20.1 Å². The Morgan fingerprint density at radius 1 is 1.22 bits per heavy atom. The summed E-state index contributed by atoms with van der Waals surface area (Å²) in [7, 11) is 1.60. The van der Waals surface area contributed by atoms with Crippen LogP contribution in [0.1, 0.15) is 32.3 Å². The van der Waals surface area contributed by atoms with Gasteiger partial charge in [-0.2, -0.15) is 0 Å². The zero-order valence-electron chi connectivity index (χ0n) is 14.4. The first-order chi connectivity index (χ1) is 11.2. The summed E-state index contributed by atoms with van der Waals surface area (Å²) in [6.45, 7) is 6.74. The number of hydrogen-bond acceptors (Lipinski definition) is 4. The quantitative estimate of drug-likeness (QED) is 0.348. The summed E-state index contributed by atoms with van der Waals surface area (Å²) in [6, 6.07) is 5.71. The van der Waals surface area contributed by atoms with Crippen molar-refractivity contribution in [2.24, 2.45) is 4.99 Å². The molecule has 0 amide bonds. The van der Waals surface area contributed by atoms with Gasteiger partial charge in [0.15, 0.2) is 17.5 Å². The Balaban J connectivity index is 2.71. The number of rotatable bonds is 10. The van der Waals surface area contributed by atoms with Gasteiger partial charge in [0.1, 0.15) is 6.61 Å². The molecule has 0 unspecified atom stereocenters. The van der Waals surface area contributed by atoms with Gasteiger partial charge in [0.25, 0.3) is 0 Å². The molecule has 0 atom stereocenters. The highest BCUT2D eigenvalue weighted by atomic mass is 16.5. The van der Waals surface area contributed by atoms with E-state index in [1.807, 2.05) is 25.1 Å². The molecule has 0 aliphatic heterocycles. The number of guanidine groups is 1. The molecular weight excluding hydrogens is 294 g/mol. The van der Waals surface area contributed by atoms with Crippen LogP contribution in [0, 0.1) is 0 Å². The lowest BCUT2D eigenvalue weighted by Gasteiger charge is -2.12. The van der Waals surface area contributed by atoms with E-state index in [4.69, 9.17) is 14.6 Å². The minimum Gasteiger partial charge on any atom is -0.493 e. The summed E-state index contributed by atoms with van der Waals surface area (Å²) in [5.41, 5.74) is 1.03. The van der Waals surface area contributed by atoms with Crippen molar-refractivity contribution in [3.8, 4) is 11.5 Å². The van der Waals surface area contributed by atoms with Crippen molar-refractivity contribution in [1.82, 2.24) is 10.6 Å². The monoisotopic (exact) mass is 323 g/mol. The van der Waals surface area contributed by atoms with Gasteiger partial charge in [-0.15, -0.1) is 0 Å². The third-order valence-corrected chi connectivity index (χ3v) is 3.16. The number of aliphatic hydroxyl groups is 1. The SMILES string of the molecule is CCCCNC(=NCc1ccc(OCCO)c(OC)c1)NCC. The molecule has 0 aliphatic rings. The predicted octanol–water partition coefficient (Wildman–Crippen LogP) is 1.92. The lowest BCUT2D eigenvalue weighted by Crippen LogP contribution is -2.37. The normalized spacial score (nSPS) is 11.2. The summed E-state index contributed by atoms with van der Waals surface area (Å²) in [6.07, 6.45) is 2.27. The number of nitrogens with zero attached hydrogens (tertiary/aromatic N) is 1. The van der Waals surface area contributed by atoms with Crippen LogP contribution in [0.4, 0.5) is 0 Å². The highest BCUT2D eigenvalue weighted by molar-refractivity contribution is 5.79. The topological polar surface area (TPSA) is 75.1 Å². The molecule has 0 saturated heterocycles. The number of nitrogens with one attached hydrogen (secondary N) is 2. The van der Waals surface area contributed by atoms with Crippen molar-refractivity contribution >= 4 is 5.96 Å². The number of aliphatic hydroxyl groups excluding tert-OH is 1. The lowest BCUT2D eigenvalue weighted by molar-refractivity contribution is 0.196. The first kappa shape index (κ1) is 19.1. The van der Waals surface area contributed by atoms with Gasteiger partial charge < -0.3 is 25.2 Å². The van der Waals surface area contributed by atoms with Crippen LogP contribution in [0.5, 0.6) is 11.5 Å². The van der Waals surface area contributed by atoms with Crippen LogP contribution in [-0.4, -0.2) is 44.5 Å². The Morgan fingerprint density at radius 2 is 2.04 bits per heavy atom. The van der Waals surface area contributed by atoms with E-state index >= 15 is 0 Å². The second-order valence-electron chi connectivity index (χ2n) is 5.03. The Bertz CT molecular complexity index is 478. The molecule has 23 heavy (non-hydrogen) atoms. The maximum Gasteiger partial charge on any atom is 0.191 e. The fourth-order valence-corrected chi connectivity index (χ4v) is 1.98. The number of ether oxygens (including phenoxy) is 2. The molecular formula is C17H29N3O3. The molecule has 1 rings (SSSR count). The minimum absolute atomic E-state index is 0.0231. The molecule has 0 radical (unpaired) electrons. The smallest absolute Gasteiger partial charge is 0.191 e. The molecule has 130 valence electrons. The molecule has 6 heteroatoms. The molecule has 0 saturated carbocycles. The van der Waals surface area contributed by atoms with Gasteiger partial charge in [0.2, 0.25) is 0 Å². The van der Waals surface area contributed by atoms with Crippen LogP contribution in [0.15, 0.2) is 23.2 Å². The van der Waals surface area contributed by atoms with E-state index in [9.17, 15) is 0 Å². The fraction of sp³-hybridized carbons (Fsp3) is 0.588. The standard InChI is InChI=1S/C17H29N3O3/c1-4-6-9-19-17(18-5-2)20-13-14-7-8-15(23-11-10-21)16(12-14)22-3/h7-8,12,21H,4-6,9-11,13H2,1-3H3,(H2,18,19,20). The maximum atomic E-state index is 8.83. The molecule has 0 aliphatic carbocycles. The molecule has 0 spiro atoms. The van der Waals surface area contributed by atoms with Gasteiger partial charge in [-0.25, -0.2) is 4.99 Å². The van der Waals surface area contributed by atoms with Crippen molar-refractivity contribution in [3.63, 3.8) is 0 Å².